The third-order valence-electron chi connectivity index (χ3n) is 2.37. The number of anilines is 2. The van der Waals surface area contributed by atoms with Crippen LogP contribution in [0.1, 0.15) is 11.3 Å². The lowest BCUT2D eigenvalue weighted by Gasteiger charge is -1.99. The summed E-state index contributed by atoms with van der Waals surface area (Å²) in [6.45, 7) is 0. The molecule has 0 radical (unpaired) electrons. The van der Waals surface area contributed by atoms with Crippen LogP contribution in [0.3, 0.4) is 0 Å². The van der Waals surface area contributed by atoms with E-state index < -0.39 is 0 Å². The number of nitrogens with zero attached hydrogens (tertiary/aromatic N) is 1. The van der Waals surface area contributed by atoms with Gasteiger partial charge in [0.1, 0.15) is 5.82 Å². The van der Waals surface area contributed by atoms with Crippen molar-refractivity contribution in [1.29, 1.82) is 5.26 Å². The van der Waals surface area contributed by atoms with Crippen molar-refractivity contribution in [3.63, 3.8) is 0 Å². The lowest BCUT2D eigenvalue weighted by molar-refractivity contribution is 1.38. The summed E-state index contributed by atoms with van der Waals surface area (Å²) in [4.78, 5) is 2.95. The fourth-order valence-electron chi connectivity index (χ4n) is 1.51. The fourth-order valence-corrected chi connectivity index (χ4v) is 1.51. The molecular formula is C13H12N4. The first-order valence-electron chi connectivity index (χ1n) is 5.11. The van der Waals surface area contributed by atoms with Gasteiger partial charge in [0.25, 0.3) is 0 Å². The molecular weight excluding hydrogens is 212 g/mol. The molecule has 0 aliphatic heterocycles. The SMILES string of the molecule is N#CC(=Cc1ccc(N)[nH]1)c1ccc(N)cc1. The highest BCUT2D eigenvalue weighted by Gasteiger charge is 2.01. The fraction of sp³-hybridized carbons (Fsp3) is 0. The number of nitrogens with two attached hydrogens (primary N) is 2. The van der Waals surface area contributed by atoms with Crippen LogP contribution < -0.4 is 11.5 Å². The molecule has 1 aromatic heterocycles. The Kier molecular flexibility index (Phi) is 2.84. The summed E-state index contributed by atoms with van der Waals surface area (Å²) in [6, 6.07) is 12.9. The normalized spacial score (nSPS) is 11.1. The minimum absolute atomic E-state index is 0.562. The van der Waals surface area contributed by atoms with E-state index >= 15 is 0 Å². The monoisotopic (exact) mass is 224 g/mol. The Morgan fingerprint density at radius 3 is 2.35 bits per heavy atom. The van der Waals surface area contributed by atoms with Crippen molar-refractivity contribution in [3.8, 4) is 6.07 Å². The molecule has 0 saturated heterocycles. The van der Waals surface area contributed by atoms with Gasteiger partial charge in [-0.1, -0.05) is 12.1 Å². The first-order valence-corrected chi connectivity index (χ1v) is 5.11. The van der Waals surface area contributed by atoms with Gasteiger partial charge in [-0.15, -0.1) is 0 Å². The van der Waals surface area contributed by atoms with Crippen LogP contribution in [0.2, 0.25) is 0 Å². The van der Waals surface area contributed by atoms with Crippen molar-refractivity contribution in [3.05, 3.63) is 47.7 Å². The van der Waals surface area contributed by atoms with E-state index in [2.05, 4.69) is 11.1 Å². The third-order valence-corrected chi connectivity index (χ3v) is 2.37. The topological polar surface area (TPSA) is 91.6 Å². The molecule has 84 valence electrons. The summed E-state index contributed by atoms with van der Waals surface area (Å²) in [5.41, 5.74) is 14.0. The zero-order valence-corrected chi connectivity index (χ0v) is 9.14. The summed E-state index contributed by atoms with van der Waals surface area (Å²) in [5, 5.41) is 9.12. The first kappa shape index (κ1) is 10.8. The predicted octanol–water partition coefficient (Wildman–Crippen LogP) is 2.24. The second kappa shape index (κ2) is 4.45. The van der Waals surface area contributed by atoms with E-state index in [0.717, 1.165) is 11.3 Å². The Labute approximate surface area is 99.2 Å². The van der Waals surface area contributed by atoms with E-state index in [0.29, 0.717) is 17.1 Å². The summed E-state index contributed by atoms with van der Waals surface area (Å²) in [7, 11) is 0. The van der Waals surface area contributed by atoms with E-state index in [1.165, 1.54) is 0 Å². The molecule has 0 unspecified atom stereocenters. The van der Waals surface area contributed by atoms with Crippen molar-refractivity contribution in [2.45, 2.75) is 0 Å². The Balaban J connectivity index is 2.37. The third kappa shape index (κ3) is 2.47. The van der Waals surface area contributed by atoms with Crippen molar-refractivity contribution < 1.29 is 0 Å². The molecule has 0 fully saturated rings. The van der Waals surface area contributed by atoms with E-state index in [4.69, 9.17) is 16.7 Å². The van der Waals surface area contributed by atoms with Gasteiger partial charge in [0.05, 0.1) is 11.6 Å². The minimum Gasteiger partial charge on any atom is -0.399 e. The zero-order valence-electron chi connectivity index (χ0n) is 9.14. The number of benzene rings is 1. The Morgan fingerprint density at radius 1 is 1.12 bits per heavy atom. The number of aromatic amines is 1. The molecule has 0 aliphatic rings. The molecule has 17 heavy (non-hydrogen) atoms. The van der Waals surface area contributed by atoms with Crippen LogP contribution in [0.15, 0.2) is 36.4 Å². The second-order valence-electron chi connectivity index (χ2n) is 3.66. The van der Waals surface area contributed by atoms with Crippen LogP contribution in [-0.2, 0) is 0 Å². The quantitative estimate of drug-likeness (QED) is 0.539. The van der Waals surface area contributed by atoms with Gasteiger partial charge in [-0.25, -0.2) is 0 Å². The highest BCUT2D eigenvalue weighted by atomic mass is 14.8. The molecule has 1 aromatic carbocycles. The summed E-state index contributed by atoms with van der Waals surface area (Å²) in [6.07, 6.45) is 1.75. The molecule has 4 heteroatoms. The lowest BCUT2D eigenvalue weighted by atomic mass is 10.1. The van der Waals surface area contributed by atoms with E-state index in [1.807, 2.05) is 18.2 Å². The molecule has 5 N–H and O–H groups in total. The smallest absolute Gasteiger partial charge is 0.101 e. The Bertz CT molecular complexity index is 585. The van der Waals surface area contributed by atoms with Crippen LogP contribution in [0.4, 0.5) is 11.5 Å². The molecule has 4 nitrogen and oxygen atoms in total. The molecule has 0 aliphatic carbocycles. The summed E-state index contributed by atoms with van der Waals surface area (Å²) in [5.74, 6) is 0.575. The molecule has 0 spiro atoms. The Morgan fingerprint density at radius 2 is 1.82 bits per heavy atom. The van der Waals surface area contributed by atoms with Gasteiger partial charge in [0.2, 0.25) is 0 Å². The number of aromatic nitrogens is 1. The van der Waals surface area contributed by atoms with Gasteiger partial charge >= 0.3 is 0 Å². The van der Waals surface area contributed by atoms with Gasteiger partial charge in [0, 0.05) is 11.4 Å². The van der Waals surface area contributed by atoms with Crippen LogP contribution in [-0.4, -0.2) is 4.98 Å². The van der Waals surface area contributed by atoms with Gasteiger partial charge in [-0.3, -0.25) is 0 Å². The molecule has 1 heterocycles. The number of H-pyrrole nitrogens is 1. The predicted molar refractivity (Wildman–Crippen MR) is 69.5 cm³/mol. The molecule has 2 rings (SSSR count). The zero-order chi connectivity index (χ0) is 12.3. The van der Waals surface area contributed by atoms with Crippen molar-refractivity contribution >= 4 is 23.2 Å². The number of hydrogen-bond acceptors (Lipinski definition) is 3. The van der Waals surface area contributed by atoms with E-state index in [-0.39, 0.29) is 0 Å². The standard InChI is InChI=1S/C13H12N4/c14-8-10(7-12-5-6-13(16)17-12)9-1-3-11(15)4-2-9/h1-7,17H,15-16H2. The van der Waals surface area contributed by atoms with Gasteiger partial charge in [-0.2, -0.15) is 5.26 Å². The number of nitriles is 1. The van der Waals surface area contributed by atoms with Crippen LogP contribution in [0, 0.1) is 11.3 Å². The second-order valence-corrected chi connectivity index (χ2v) is 3.66. The maximum absolute atomic E-state index is 9.12. The molecule has 0 bridgehead atoms. The average Bonchev–Trinajstić information content (AvgIpc) is 2.73. The highest BCUT2D eigenvalue weighted by molar-refractivity contribution is 5.89. The van der Waals surface area contributed by atoms with Crippen LogP contribution >= 0.6 is 0 Å². The summed E-state index contributed by atoms with van der Waals surface area (Å²) < 4.78 is 0. The number of hydrogen-bond donors (Lipinski definition) is 3. The molecule has 0 amide bonds. The number of nitrogens with one attached hydrogen (secondary N) is 1. The van der Waals surface area contributed by atoms with Crippen molar-refractivity contribution in [2.75, 3.05) is 11.5 Å². The average molecular weight is 224 g/mol. The van der Waals surface area contributed by atoms with Gasteiger partial charge in [-0.05, 0) is 35.9 Å². The van der Waals surface area contributed by atoms with E-state index in [1.54, 1.807) is 24.3 Å². The number of allylic oxidation sites excluding steroid dienone is 1. The maximum Gasteiger partial charge on any atom is 0.101 e. The number of nitrogen functional groups attached to an aromatic ring is 2. The van der Waals surface area contributed by atoms with Gasteiger partial charge < -0.3 is 16.5 Å². The first-order chi connectivity index (χ1) is 8.19. The highest BCUT2D eigenvalue weighted by Crippen LogP contribution is 2.18. The summed E-state index contributed by atoms with van der Waals surface area (Å²) >= 11 is 0. The van der Waals surface area contributed by atoms with Crippen molar-refractivity contribution in [2.24, 2.45) is 0 Å². The van der Waals surface area contributed by atoms with Crippen LogP contribution in [0.25, 0.3) is 11.6 Å². The largest absolute Gasteiger partial charge is 0.399 e. The van der Waals surface area contributed by atoms with Gasteiger partial charge in [0.15, 0.2) is 0 Å². The van der Waals surface area contributed by atoms with Crippen LogP contribution in [0.5, 0.6) is 0 Å². The number of rotatable bonds is 2. The molecule has 0 atom stereocenters. The van der Waals surface area contributed by atoms with Crippen molar-refractivity contribution in [1.82, 2.24) is 4.98 Å². The maximum atomic E-state index is 9.12. The lowest BCUT2D eigenvalue weighted by Crippen LogP contribution is -1.87. The Hall–Kier alpha value is -2.67. The molecule has 2 aromatic rings. The molecule has 0 saturated carbocycles. The van der Waals surface area contributed by atoms with E-state index in [9.17, 15) is 0 Å². The minimum atomic E-state index is 0.562.